The monoisotopic (exact) mass is 391 g/mol. The molecule has 1 heterocycles. The number of aliphatic hydroxyl groups excluding tert-OH is 1. The van der Waals surface area contributed by atoms with Crippen molar-refractivity contribution < 1.29 is 19.5 Å². The van der Waals surface area contributed by atoms with Crippen molar-refractivity contribution in [3.63, 3.8) is 0 Å². The first kappa shape index (κ1) is 20.5. The summed E-state index contributed by atoms with van der Waals surface area (Å²) in [5.74, 6) is -0.625. The van der Waals surface area contributed by atoms with Crippen LogP contribution in [0.1, 0.15) is 12.6 Å². The van der Waals surface area contributed by atoms with Crippen molar-refractivity contribution in [2.45, 2.75) is 25.2 Å². The Morgan fingerprint density at radius 1 is 1.19 bits per heavy atom. The van der Waals surface area contributed by atoms with Gasteiger partial charge < -0.3 is 25.6 Å². The second-order valence-electron chi connectivity index (χ2n) is 5.55. The van der Waals surface area contributed by atoms with Crippen LogP contribution in [0, 0.1) is 0 Å². The minimum atomic E-state index is -0.264. The normalized spacial score (nSPS) is 10.3. The number of likely N-dealkylation sites (N-methyl/N-ethyl adjacent to an activating group) is 1. The van der Waals surface area contributed by atoms with E-state index in [0.717, 1.165) is 11.8 Å². The number of nitrogens with zero attached hydrogens (tertiary/aromatic N) is 2. The third-order valence-electron chi connectivity index (χ3n) is 3.44. The summed E-state index contributed by atoms with van der Waals surface area (Å²) < 4.78 is 1.56. The molecule has 9 nitrogen and oxygen atoms in total. The fraction of sp³-hybridized carbons (Fsp3) is 0.294. The summed E-state index contributed by atoms with van der Waals surface area (Å²) in [6.07, 6.45) is 1.47. The fourth-order valence-electron chi connectivity index (χ4n) is 2.23. The summed E-state index contributed by atoms with van der Waals surface area (Å²) in [5.41, 5.74) is 1.63. The topological polar surface area (TPSA) is 125 Å². The van der Waals surface area contributed by atoms with Crippen molar-refractivity contribution in [2.24, 2.45) is 0 Å². The summed E-state index contributed by atoms with van der Waals surface area (Å²) in [4.78, 5) is 39.1. The number of carbonyl (C=O) groups excluding carboxylic acids is 3. The van der Waals surface area contributed by atoms with Gasteiger partial charge in [0.15, 0.2) is 5.16 Å². The molecule has 0 atom stereocenters. The van der Waals surface area contributed by atoms with Crippen LogP contribution in [0.4, 0.5) is 11.4 Å². The van der Waals surface area contributed by atoms with Gasteiger partial charge in [0, 0.05) is 25.3 Å². The molecule has 0 saturated heterocycles. The van der Waals surface area contributed by atoms with E-state index in [1.165, 1.54) is 20.2 Å². The van der Waals surface area contributed by atoms with Gasteiger partial charge >= 0.3 is 0 Å². The van der Waals surface area contributed by atoms with Gasteiger partial charge in [-0.05, 0) is 18.2 Å². The molecule has 0 aliphatic rings. The zero-order valence-electron chi connectivity index (χ0n) is 15.0. The highest BCUT2D eigenvalue weighted by Gasteiger charge is 2.14. The lowest BCUT2D eigenvalue weighted by Crippen LogP contribution is -2.25. The maximum atomic E-state index is 12.2. The number of thioether (sulfide) groups is 1. The van der Waals surface area contributed by atoms with E-state index in [-0.39, 0.29) is 36.6 Å². The van der Waals surface area contributed by atoms with Gasteiger partial charge in [0.25, 0.3) is 0 Å². The molecule has 0 saturated carbocycles. The first-order valence-electron chi connectivity index (χ1n) is 8.09. The minimum Gasteiger partial charge on any atom is -0.390 e. The van der Waals surface area contributed by atoms with Gasteiger partial charge in [-0.2, -0.15) is 0 Å². The molecule has 0 spiro atoms. The number of nitrogens with one attached hydrogen (secondary N) is 3. The predicted molar refractivity (Wildman–Crippen MR) is 102 cm³/mol. The standard InChI is InChI=1S/C17H21N5O4S/c1-11(24)20-12-4-3-5-13(6-12)21-16(26)10-27-17-19-7-14(9-23)22(17)8-15(25)18-2/h3-7,23H,8-10H2,1-2H3,(H,18,25)(H,20,24)(H,21,26). The van der Waals surface area contributed by atoms with Gasteiger partial charge in [-0.3, -0.25) is 14.4 Å². The number of benzene rings is 1. The Balaban J connectivity index is 1.99. The summed E-state index contributed by atoms with van der Waals surface area (Å²) in [7, 11) is 1.52. The molecule has 0 aliphatic carbocycles. The summed E-state index contributed by atoms with van der Waals surface area (Å²) >= 11 is 1.16. The average Bonchev–Trinajstić information content (AvgIpc) is 3.01. The van der Waals surface area contributed by atoms with E-state index in [0.29, 0.717) is 22.2 Å². The van der Waals surface area contributed by atoms with E-state index in [1.54, 1.807) is 28.8 Å². The highest BCUT2D eigenvalue weighted by molar-refractivity contribution is 7.99. The molecule has 0 aliphatic heterocycles. The summed E-state index contributed by atoms with van der Waals surface area (Å²) in [6, 6.07) is 6.81. The molecule has 1 aromatic carbocycles. The molecule has 2 aromatic rings. The quantitative estimate of drug-likeness (QED) is 0.494. The van der Waals surface area contributed by atoms with Gasteiger partial charge in [0.05, 0.1) is 24.3 Å². The van der Waals surface area contributed by atoms with Crippen LogP contribution < -0.4 is 16.0 Å². The SMILES string of the molecule is CNC(=O)Cn1c(CO)cnc1SCC(=O)Nc1cccc(NC(C)=O)c1. The van der Waals surface area contributed by atoms with Crippen molar-refractivity contribution in [3.05, 3.63) is 36.2 Å². The number of hydrogen-bond donors (Lipinski definition) is 4. The summed E-state index contributed by atoms with van der Waals surface area (Å²) in [6.45, 7) is 1.16. The van der Waals surface area contributed by atoms with Gasteiger partial charge in [-0.15, -0.1) is 0 Å². The Labute approximate surface area is 160 Å². The van der Waals surface area contributed by atoms with Crippen LogP contribution in [0.25, 0.3) is 0 Å². The summed E-state index contributed by atoms with van der Waals surface area (Å²) in [5, 5.41) is 17.7. The molecule has 10 heteroatoms. The van der Waals surface area contributed by atoms with Crippen LogP contribution in [0.5, 0.6) is 0 Å². The van der Waals surface area contributed by atoms with Gasteiger partial charge in [0.1, 0.15) is 6.54 Å². The highest BCUT2D eigenvalue weighted by atomic mass is 32.2. The van der Waals surface area contributed by atoms with E-state index in [2.05, 4.69) is 20.9 Å². The number of carbonyl (C=O) groups is 3. The number of rotatable bonds is 8. The Hall–Kier alpha value is -2.85. The number of anilines is 2. The van der Waals surface area contributed by atoms with Gasteiger partial charge in [-0.1, -0.05) is 17.8 Å². The van der Waals surface area contributed by atoms with Crippen LogP contribution in [-0.2, 0) is 27.5 Å². The minimum absolute atomic E-state index is 0.00903. The van der Waals surface area contributed by atoms with Gasteiger partial charge in [0.2, 0.25) is 17.7 Å². The van der Waals surface area contributed by atoms with E-state index < -0.39 is 0 Å². The number of aromatic nitrogens is 2. The molecule has 0 unspecified atom stereocenters. The Bertz CT molecular complexity index is 836. The maximum absolute atomic E-state index is 12.2. The molecular formula is C17H21N5O4S. The second-order valence-corrected chi connectivity index (χ2v) is 6.49. The van der Waals surface area contributed by atoms with Crippen LogP contribution >= 0.6 is 11.8 Å². The maximum Gasteiger partial charge on any atom is 0.239 e. The van der Waals surface area contributed by atoms with E-state index in [1.807, 2.05) is 0 Å². The van der Waals surface area contributed by atoms with Crippen LogP contribution in [0.15, 0.2) is 35.6 Å². The van der Waals surface area contributed by atoms with Crippen LogP contribution in [-0.4, -0.2) is 45.2 Å². The molecule has 0 fully saturated rings. The average molecular weight is 391 g/mol. The van der Waals surface area contributed by atoms with Gasteiger partial charge in [-0.25, -0.2) is 4.98 Å². The largest absolute Gasteiger partial charge is 0.390 e. The number of aliphatic hydroxyl groups is 1. The molecule has 27 heavy (non-hydrogen) atoms. The predicted octanol–water partition coefficient (Wildman–Crippen LogP) is 0.811. The Morgan fingerprint density at radius 2 is 1.89 bits per heavy atom. The van der Waals surface area contributed by atoms with Crippen molar-refractivity contribution in [1.29, 1.82) is 0 Å². The molecule has 2 rings (SSSR count). The third kappa shape index (κ3) is 6.12. The number of hydrogen-bond acceptors (Lipinski definition) is 6. The lowest BCUT2D eigenvalue weighted by molar-refractivity contribution is -0.121. The van der Waals surface area contributed by atoms with Crippen molar-refractivity contribution in [1.82, 2.24) is 14.9 Å². The zero-order valence-corrected chi connectivity index (χ0v) is 15.8. The van der Waals surface area contributed by atoms with Crippen molar-refractivity contribution in [3.8, 4) is 0 Å². The Morgan fingerprint density at radius 3 is 2.52 bits per heavy atom. The van der Waals surface area contributed by atoms with E-state index >= 15 is 0 Å². The lowest BCUT2D eigenvalue weighted by atomic mass is 10.2. The molecule has 4 N–H and O–H groups in total. The number of imidazole rings is 1. The first-order chi connectivity index (χ1) is 12.9. The van der Waals surface area contributed by atoms with Crippen LogP contribution in [0.3, 0.4) is 0 Å². The smallest absolute Gasteiger partial charge is 0.239 e. The molecular weight excluding hydrogens is 370 g/mol. The van der Waals surface area contributed by atoms with E-state index in [9.17, 15) is 19.5 Å². The van der Waals surface area contributed by atoms with Crippen molar-refractivity contribution in [2.75, 3.05) is 23.4 Å². The molecule has 0 bridgehead atoms. The fourth-order valence-corrected chi connectivity index (χ4v) is 3.03. The van der Waals surface area contributed by atoms with Crippen LogP contribution in [0.2, 0.25) is 0 Å². The van der Waals surface area contributed by atoms with Crippen molar-refractivity contribution >= 4 is 40.9 Å². The lowest BCUT2D eigenvalue weighted by Gasteiger charge is -2.10. The van der Waals surface area contributed by atoms with E-state index in [4.69, 9.17) is 0 Å². The molecule has 0 radical (unpaired) electrons. The zero-order chi connectivity index (χ0) is 19.8. The molecule has 1 aromatic heterocycles. The molecule has 144 valence electrons. The number of amides is 3. The highest BCUT2D eigenvalue weighted by Crippen LogP contribution is 2.20. The second kappa shape index (κ2) is 9.74. The third-order valence-corrected chi connectivity index (χ3v) is 4.43. The molecule has 3 amide bonds. The first-order valence-corrected chi connectivity index (χ1v) is 9.07. The Kier molecular flexibility index (Phi) is 7.38.